The molecule has 29 heavy (non-hydrogen) atoms. The number of benzene rings is 3. The van der Waals surface area contributed by atoms with E-state index in [1.807, 2.05) is 91.9 Å². The number of thioether (sulfide) groups is 1. The molecule has 0 bridgehead atoms. The molecule has 4 rings (SSSR count). The van der Waals surface area contributed by atoms with Gasteiger partial charge in [-0.05, 0) is 36.8 Å². The molecule has 1 aliphatic heterocycles. The Balaban J connectivity index is 1.74. The van der Waals surface area contributed by atoms with Crippen molar-refractivity contribution in [2.75, 3.05) is 16.0 Å². The van der Waals surface area contributed by atoms with E-state index in [1.54, 1.807) is 4.90 Å². The fourth-order valence-corrected chi connectivity index (χ4v) is 5.01. The second kappa shape index (κ2) is 8.13. The van der Waals surface area contributed by atoms with Crippen LogP contribution in [0.15, 0.2) is 84.9 Å². The maximum absolute atomic E-state index is 13.0. The van der Waals surface area contributed by atoms with Crippen LogP contribution in [0.5, 0.6) is 0 Å². The summed E-state index contributed by atoms with van der Waals surface area (Å²) in [5.41, 5.74) is 3.64. The molecule has 0 radical (unpaired) electrons. The fraction of sp³-hybridized carbons (Fsp3) is 0.167. The Labute approximate surface area is 174 Å². The van der Waals surface area contributed by atoms with Gasteiger partial charge in [0.05, 0.1) is 12.2 Å². The quantitative estimate of drug-likeness (QED) is 0.656. The number of hydrogen-bond acceptors (Lipinski definition) is 3. The van der Waals surface area contributed by atoms with Crippen molar-refractivity contribution in [3.8, 4) is 0 Å². The summed E-state index contributed by atoms with van der Waals surface area (Å²) in [5.74, 6) is 0.218. The van der Waals surface area contributed by atoms with Crippen LogP contribution < -0.4 is 10.2 Å². The molecule has 146 valence electrons. The Bertz CT molecular complexity index is 1010. The number of hydrogen-bond donors (Lipinski definition) is 1. The Kier molecular flexibility index (Phi) is 5.41. The van der Waals surface area contributed by atoms with Crippen molar-refractivity contribution in [1.82, 2.24) is 0 Å². The zero-order chi connectivity index (χ0) is 20.3. The highest BCUT2D eigenvalue weighted by molar-refractivity contribution is 8.01. The van der Waals surface area contributed by atoms with Crippen molar-refractivity contribution in [3.63, 3.8) is 0 Å². The lowest BCUT2D eigenvalue weighted by Gasteiger charge is -2.37. The van der Waals surface area contributed by atoms with E-state index in [0.717, 1.165) is 22.5 Å². The molecule has 5 heteroatoms. The molecule has 2 amide bonds. The lowest BCUT2D eigenvalue weighted by atomic mass is 9.98. The van der Waals surface area contributed by atoms with Crippen molar-refractivity contribution in [1.29, 1.82) is 0 Å². The van der Waals surface area contributed by atoms with E-state index in [2.05, 4.69) is 5.32 Å². The highest BCUT2D eigenvalue weighted by atomic mass is 32.2. The van der Waals surface area contributed by atoms with E-state index in [-0.39, 0.29) is 18.2 Å². The monoisotopic (exact) mass is 402 g/mol. The van der Waals surface area contributed by atoms with Gasteiger partial charge in [0, 0.05) is 11.4 Å². The minimum atomic E-state index is -0.787. The summed E-state index contributed by atoms with van der Waals surface area (Å²) >= 11 is 1.51. The number of aryl methyl sites for hydroxylation is 1. The summed E-state index contributed by atoms with van der Waals surface area (Å²) in [6.45, 7) is 2.03. The zero-order valence-corrected chi connectivity index (χ0v) is 17.0. The third-order valence-corrected chi connectivity index (χ3v) is 6.45. The van der Waals surface area contributed by atoms with Crippen LogP contribution in [0.25, 0.3) is 0 Å². The van der Waals surface area contributed by atoms with E-state index in [4.69, 9.17) is 0 Å². The second-order valence-electron chi connectivity index (χ2n) is 7.09. The number of rotatable bonds is 5. The molecule has 1 aliphatic rings. The summed E-state index contributed by atoms with van der Waals surface area (Å²) in [6.07, 6.45) is 0.163. The van der Waals surface area contributed by atoms with Crippen molar-refractivity contribution >= 4 is 35.0 Å². The maximum atomic E-state index is 13.0. The van der Waals surface area contributed by atoms with E-state index in [1.165, 1.54) is 11.8 Å². The molecule has 1 atom stereocenters. The highest BCUT2D eigenvalue weighted by Crippen LogP contribution is 2.50. The number of amides is 2. The van der Waals surface area contributed by atoms with Crippen LogP contribution in [0, 0.1) is 6.92 Å². The van der Waals surface area contributed by atoms with Crippen molar-refractivity contribution in [3.05, 3.63) is 96.1 Å². The summed E-state index contributed by atoms with van der Waals surface area (Å²) < 4.78 is 0. The van der Waals surface area contributed by atoms with Gasteiger partial charge >= 0.3 is 0 Å². The van der Waals surface area contributed by atoms with E-state index >= 15 is 0 Å². The van der Waals surface area contributed by atoms with Gasteiger partial charge in [-0.2, -0.15) is 0 Å². The molecule has 3 aromatic carbocycles. The van der Waals surface area contributed by atoms with Crippen LogP contribution in [-0.4, -0.2) is 17.6 Å². The van der Waals surface area contributed by atoms with Gasteiger partial charge in [0.1, 0.15) is 4.87 Å². The predicted octanol–water partition coefficient (Wildman–Crippen LogP) is 4.96. The van der Waals surface area contributed by atoms with Gasteiger partial charge in [0.15, 0.2) is 0 Å². The molecule has 1 fully saturated rings. The van der Waals surface area contributed by atoms with Crippen LogP contribution in [0.3, 0.4) is 0 Å². The minimum absolute atomic E-state index is 0.00860. The lowest BCUT2D eigenvalue weighted by Crippen LogP contribution is -2.44. The largest absolute Gasteiger partial charge is 0.326 e. The summed E-state index contributed by atoms with van der Waals surface area (Å²) in [7, 11) is 0. The van der Waals surface area contributed by atoms with Crippen molar-refractivity contribution in [2.45, 2.75) is 18.2 Å². The number of anilines is 2. The third kappa shape index (κ3) is 3.91. The minimum Gasteiger partial charge on any atom is -0.326 e. The standard InChI is InChI=1S/C24H22N2O2S/c1-18-12-14-19(15-13-18)24(16-22(27)25-20-8-4-2-5-9-20)26(23(28)17-29-24)21-10-6-3-7-11-21/h2-15H,16-17H2,1H3,(H,25,27)/t24-/m1/s1. The van der Waals surface area contributed by atoms with Gasteiger partial charge in [0.25, 0.3) is 0 Å². The molecule has 0 aliphatic carbocycles. The number of para-hydroxylation sites is 2. The molecule has 1 heterocycles. The Morgan fingerprint density at radius 3 is 2.24 bits per heavy atom. The van der Waals surface area contributed by atoms with Crippen LogP contribution in [-0.2, 0) is 14.5 Å². The summed E-state index contributed by atoms with van der Waals surface area (Å²) in [6, 6.07) is 27.1. The van der Waals surface area contributed by atoms with Gasteiger partial charge in [-0.1, -0.05) is 66.2 Å². The van der Waals surface area contributed by atoms with Gasteiger partial charge in [-0.25, -0.2) is 0 Å². The van der Waals surface area contributed by atoms with Crippen LogP contribution >= 0.6 is 11.8 Å². The molecule has 3 aromatic rings. The first-order valence-electron chi connectivity index (χ1n) is 9.53. The lowest BCUT2D eigenvalue weighted by molar-refractivity contribution is -0.117. The average Bonchev–Trinajstić information content (AvgIpc) is 3.06. The number of nitrogens with zero attached hydrogens (tertiary/aromatic N) is 1. The molecule has 1 N–H and O–H groups in total. The van der Waals surface area contributed by atoms with Crippen LogP contribution in [0.1, 0.15) is 17.5 Å². The number of carbonyl (C=O) groups excluding carboxylic acids is 2. The van der Waals surface area contributed by atoms with E-state index in [9.17, 15) is 9.59 Å². The molecule has 4 nitrogen and oxygen atoms in total. The predicted molar refractivity (Wildman–Crippen MR) is 119 cm³/mol. The fourth-order valence-electron chi connectivity index (χ4n) is 3.64. The molecule has 0 aromatic heterocycles. The first kappa shape index (κ1) is 19.3. The Morgan fingerprint density at radius 2 is 1.59 bits per heavy atom. The highest BCUT2D eigenvalue weighted by Gasteiger charge is 2.49. The Morgan fingerprint density at radius 1 is 0.966 bits per heavy atom. The molecule has 0 unspecified atom stereocenters. The van der Waals surface area contributed by atoms with E-state index in [0.29, 0.717) is 5.75 Å². The molecule has 0 spiro atoms. The van der Waals surface area contributed by atoms with Gasteiger partial charge in [0.2, 0.25) is 11.8 Å². The van der Waals surface area contributed by atoms with Crippen LogP contribution in [0.4, 0.5) is 11.4 Å². The summed E-state index contributed by atoms with van der Waals surface area (Å²) in [4.78, 5) is 27.0. The SMILES string of the molecule is Cc1ccc([C@@]2(CC(=O)Nc3ccccc3)SCC(=O)N2c2ccccc2)cc1. The van der Waals surface area contributed by atoms with Gasteiger partial charge in [-0.3, -0.25) is 14.5 Å². The maximum Gasteiger partial charge on any atom is 0.238 e. The molecule has 1 saturated heterocycles. The normalized spacial score (nSPS) is 18.7. The third-order valence-electron chi connectivity index (χ3n) is 5.02. The second-order valence-corrected chi connectivity index (χ2v) is 8.35. The van der Waals surface area contributed by atoms with Gasteiger partial charge < -0.3 is 5.32 Å². The molecule has 0 saturated carbocycles. The first-order valence-corrected chi connectivity index (χ1v) is 10.5. The topological polar surface area (TPSA) is 49.4 Å². The molecular weight excluding hydrogens is 380 g/mol. The van der Waals surface area contributed by atoms with Crippen molar-refractivity contribution < 1.29 is 9.59 Å². The van der Waals surface area contributed by atoms with E-state index < -0.39 is 4.87 Å². The first-order chi connectivity index (χ1) is 14.1. The summed E-state index contributed by atoms with van der Waals surface area (Å²) in [5, 5.41) is 2.97. The number of carbonyl (C=O) groups is 2. The van der Waals surface area contributed by atoms with Gasteiger partial charge in [-0.15, -0.1) is 11.8 Å². The van der Waals surface area contributed by atoms with Crippen molar-refractivity contribution in [2.24, 2.45) is 0 Å². The zero-order valence-electron chi connectivity index (χ0n) is 16.2. The Hall–Kier alpha value is -3.05. The number of nitrogens with one attached hydrogen (secondary N) is 1. The average molecular weight is 403 g/mol. The molecular formula is C24H22N2O2S. The smallest absolute Gasteiger partial charge is 0.238 e. The van der Waals surface area contributed by atoms with Crippen LogP contribution in [0.2, 0.25) is 0 Å².